The Morgan fingerprint density at radius 1 is 1.33 bits per heavy atom. The third-order valence-electron chi connectivity index (χ3n) is 2.97. The number of carbonyl (C=O) groups is 1. The van der Waals surface area contributed by atoms with Crippen molar-refractivity contribution in [2.75, 3.05) is 24.2 Å². The van der Waals surface area contributed by atoms with E-state index in [1.807, 2.05) is 0 Å². The lowest BCUT2D eigenvalue weighted by Crippen LogP contribution is -2.38. The van der Waals surface area contributed by atoms with Gasteiger partial charge in [-0.1, -0.05) is 0 Å². The highest BCUT2D eigenvalue weighted by molar-refractivity contribution is 7.92. The summed E-state index contributed by atoms with van der Waals surface area (Å²) in [6.07, 6.45) is 3.81. The summed E-state index contributed by atoms with van der Waals surface area (Å²) < 4.78 is 34.9. The largest absolute Gasteiger partial charge is 0.497 e. The molecule has 0 atom stereocenters. The van der Waals surface area contributed by atoms with Crippen LogP contribution in [0.25, 0.3) is 0 Å². The summed E-state index contributed by atoms with van der Waals surface area (Å²) in [4.78, 5) is 11.9. The summed E-state index contributed by atoms with van der Waals surface area (Å²) in [5, 5.41) is 3.71. The zero-order valence-electron chi connectivity index (χ0n) is 13.2. The second kappa shape index (κ2) is 7.64. The normalized spacial score (nSPS) is 11.4. The van der Waals surface area contributed by atoms with E-state index in [0.29, 0.717) is 17.2 Å². The van der Waals surface area contributed by atoms with Crippen LogP contribution in [0.1, 0.15) is 5.76 Å². The van der Waals surface area contributed by atoms with Crippen molar-refractivity contribution in [3.63, 3.8) is 0 Å². The van der Waals surface area contributed by atoms with Crippen LogP contribution < -0.4 is 14.5 Å². The number of nitrogens with one attached hydrogen (secondary N) is 1. The Labute approximate surface area is 139 Å². The van der Waals surface area contributed by atoms with Crippen LogP contribution in [0.4, 0.5) is 5.69 Å². The molecule has 0 fully saturated rings. The van der Waals surface area contributed by atoms with Gasteiger partial charge in [-0.3, -0.25) is 9.10 Å². The molecule has 2 aromatic rings. The number of nitrogens with zero attached hydrogens (tertiary/aromatic N) is 2. The van der Waals surface area contributed by atoms with Crippen molar-refractivity contribution in [1.29, 1.82) is 0 Å². The maximum atomic E-state index is 11.9. The number of benzene rings is 1. The number of hydrogen-bond acceptors (Lipinski definition) is 6. The molecule has 1 aromatic heterocycles. The maximum absolute atomic E-state index is 11.9. The minimum atomic E-state index is -3.64. The monoisotopic (exact) mass is 351 g/mol. The number of hydrazone groups is 1. The number of hydrogen-bond donors (Lipinski definition) is 1. The summed E-state index contributed by atoms with van der Waals surface area (Å²) in [6.45, 7) is -0.402. The minimum Gasteiger partial charge on any atom is -0.497 e. The molecule has 1 aromatic carbocycles. The molecule has 0 radical (unpaired) electrons. The van der Waals surface area contributed by atoms with Crippen molar-refractivity contribution in [3.8, 4) is 5.75 Å². The molecule has 0 saturated carbocycles. The molecule has 0 spiro atoms. The van der Waals surface area contributed by atoms with Gasteiger partial charge in [-0.15, -0.1) is 0 Å². The fourth-order valence-corrected chi connectivity index (χ4v) is 2.70. The Balaban J connectivity index is 2.06. The third-order valence-corrected chi connectivity index (χ3v) is 4.11. The molecule has 0 aliphatic heterocycles. The Morgan fingerprint density at radius 2 is 2.04 bits per heavy atom. The van der Waals surface area contributed by atoms with E-state index in [0.717, 1.165) is 10.6 Å². The molecule has 128 valence electrons. The molecular weight excluding hydrogens is 334 g/mol. The van der Waals surface area contributed by atoms with Crippen LogP contribution in [0.5, 0.6) is 5.75 Å². The highest BCUT2D eigenvalue weighted by Crippen LogP contribution is 2.21. The molecule has 9 heteroatoms. The molecule has 8 nitrogen and oxygen atoms in total. The van der Waals surface area contributed by atoms with Crippen molar-refractivity contribution in [1.82, 2.24) is 5.43 Å². The van der Waals surface area contributed by atoms with Gasteiger partial charge in [-0.2, -0.15) is 5.10 Å². The number of methoxy groups -OCH3 is 1. The van der Waals surface area contributed by atoms with Gasteiger partial charge >= 0.3 is 0 Å². The second-order valence-electron chi connectivity index (χ2n) is 4.78. The molecule has 0 aliphatic rings. The van der Waals surface area contributed by atoms with Crippen molar-refractivity contribution in [2.24, 2.45) is 5.10 Å². The first-order valence-corrected chi connectivity index (χ1v) is 8.72. The predicted octanol–water partition coefficient (Wildman–Crippen LogP) is 1.20. The first kappa shape index (κ1) is 17.5. The number of carbonyl (C=O) groups excluding carboxylic acids is 1. The van der Waals surface area contributed by atoms with Crippen molar-refractivity contribution in [3.05, 3.63) is 48.4 Å². The van der Waals surface area contributed by atoms with E-state index in [4.69, 9.17) is 9.15 Å². The van der Waals surface area contributed by atoms with Crippen LogP contribution in [0, 0.1) is 0 Å². The molecular formula is C15H17N3O5S. The molecule has 0 unspecified atom stereocenters. The second-order valence-corrected chi connectivity index (χ2v) is 6.68. The van der Waals surface area contributed by atoms with E-state index >= 15 is 0 Å². The zero-order chi connectivity index (χ0) is 17.6. The van der Waals surface area contributed by atoms with E-state index in [9.17, 15) is 13.2 Å². The van der Waals surface area contributed by atoms with E-state index < -0.39 is 22.5 Å². The van der Waals surface area contributed by atoms with Gasteiger partial charge in [0, 0.05) is 0 Å². The van der Waals surface area contributed by atoms with Gasteiger partial charge in [0.25, 0.3) is 5.91 Å². The van der Waals surface area contributed by atoms with Gasteiger partial charge in [-0.05, 0) is 36.4 Å². The van der Waals surface area contributed by atoms with Crippen molar-refractivity contribution >= 4 is 27.8 Å². The zero-order valence-corrected chi connectivity index (χ0v) is 14.0. The van der Waals surface area contributed by atoms with Gasteiger partial charge in [0.1, 0.15) is 18.1 Å². The van der Waals surface area contributed by atoms with Crippen LogP contribution in [-0.2, 0) is 14.8 Å². The van der Waals surface area contributed by atoms with Gasteiger partial charge in [0.2, 0.25) is 10.0 Å². The Hall–Kier alpha value is -2.81. The fourth-order valence-electron chi connectivity index (χ4n) is 1.85. The minimum absolute atomic E-state index is 0.350. The van der Waals surface area contributed by atoms with Crippen LogP contribution >= 0.6 is 0 Å². The predicted molar refractivity (Wildman–Crippen MR) is 89.6 cm³/mol. The molecule has 24 heavy (non-hydrogen) atoms. The number of sulfonamides is 1. The van der Waals surface area contributed by atoms with Crippen LogP contribution in [0.3, 0.4) is 0 Å². The lowest BCUT2D eigenvalue weighted by atomic mass is 10.3. The SMILES string of the molecule is COc1ccc(N(CC(=O)N/N=C\c2ccco2)S(C)(=O)=O)cc1. The average Bonchev–Trinajstić information content (AvgIpc) is 3.05. The highest BCUT2D eigenvalue weighted by Gasteiger charge is 2.20. The van der Waals surface area contributed by atoms with Crippen LogP contribution in [0.2, 0.25) is 0 Å². The van der Waals surface area contributed by atoms with E-state index in [-0.39, 0.29) is 0 Å². The van der Waals surface area contributed by atoms with Gasteiger partial charge in [0.15, 0.2) is 0 Å². The van der Waals surface area contributed by atoms with E-state index in [1.54, 1.807) is 36.4 Å². The third kappa shape index (κ3) is 4.85. The van der Waals surface area contributed by atoms with E-state index in [1.165, 1.54) is 19.6 Å². The fraction of sp³-hybridized carbons (Fsp3) is 0.200. The first-order valence-electron chi connectivity index (χ1n) is 6.87. The molecule has 1 heterocycles. The summed E-state index contributed by atoms with van der Waals surface area (Å²) in [5.41, 5.74) is 2.61. The molecule has 1 amide bonds. The first-order chi connectivity index (χ1) is 11.4. The van der Waals surface area contributed by atoms with Crippen LogP contribution in [0.15, 0.2) is 52.2 Å². The lowest BCUT2D eigenvalue weighted by molar-refractivity contribution is -0.119. The Kier molecular flexibility index (Phi) is 5.59. The maximum Gasteiger partial charge on any atom is 0.260 e. The van der Waals surface area contributed by atoms with Crippen molar-refractivity contribution in [2.45, 2.75) is 0 Å². The van der Waals surface area contributed by atoms with Crippen LogP contribution in [-0.4, -0.2) is 40.4 Å². The molecule has 2 rings (SSSR count). The summed E-state index contributed by atoms with van der Waals surface area (Å²) in [6, 6.07) is 9.67. The lowest BCUT2D eigenvalue weighted by Gasteiger charge is -2.21. The standard InChI is InChI=1S/C15H17N3O5S/c1-22-13-7-5-12(6-8-13)18(24(2,20)21)11-15(19)17-16-10-14-4-3-9-23-14/h3-10H,11H2,1-2H3,(H,17,19)/b16-10-. The Morgan fingerprint density at radius 3 is 2.58 bits per heavy atom. The highest BCUT2D eigenvalue weighted by atomic mass is 32.2. The number of rotatable bonds is 7. The topological polar surface area (TPSA) is 101 Å². The van der Waals surface area contributed by atoms with E-state index in [2.05, 4.69) is 10.5 Å². The Bertz CT molecular complexity index is 798. The van der Waals surface area contributed by atoms with Gasteiger partial charge in [0.05, 0.1) is 31.5 Å². The van der Waals surface area contributed by atoms with Gasteiger partial charge < -0.3 is 9.15 Å². The molecule has 0 saturated heterocycles. The number of amides is 1. The molecule has 0 aliphatic carbocycles. The molecule has 1 N–H and O–H groups in total. The summed E-state index contributed by atoms with van der Waals surface area (Å²) >= 11 is 0. The summed E-state index contributed by atoms with van der Waals surface area (Å²) in [5.74, 6) is 0.462. The smallest absolute Gasteiger partial charge is 0.260 e. The average molecular weight is 351 g/mol. The van der Waals surface area contributed by atoms with Crippen molar-refractivity contribution < 1.29 is 22.4 Å². The number of furan rings is 1. The number of ether oxygens (including phenoxy) is 1. The number of anilines is 1. The summed E-state index contributed by atoms with van der Waals surface area (Å²) in [7, 11) is -2.13. The molecule has 0 bridgehead atoms. The quantitative estimate of drug-likeness (QED) is 0.597. The van der Waals surface area contributed by atoms with Gasteiger partial charge in [-0.25, -0.2) is 13.8 Å².